The lowest BCUT2D eigenvalue weighted by atomic mass is 9.99. The van der Waals surface area contributed by atoms with Crippen molar-refractivity contribution in [3.8, 4) is 0 Å². The lowest BCUT2D eigenvalue weighted by Crippen LogP contribution is -2.38. The third kappa shape index (κ3) is 3.31. The molecule has 1 aromatic carbocycles. The summed E-state index contributed by atoms with van der Waals surface area (Å²) in [6, 6.07) is 10.9. The molecule has 0 unspecified atom stereocenters. The van der Waals surface area contributed by atoms with Crippen LogP contribution in [0.4, 0.5) is 0 Å². The minimum absolute atomic E-state index is 0.122. The zero-order valence-corrected chi connectivity index (χ0v) is 14.4. The van der Waals surface area contributed by atoms with E-state index < -0.39 is 10.0 Å². The van der Waals surface area contributed by atoms with E-state index in [0.29, 0.717) is 11.4 Å². The van der Waals surface area contributed by atoms with E-state index in [9.17, 15) is 8.42 Å². The van der Waals surface area contributed by atoms with E-state index in [0.717, 1.165) is 36.1 Å². The van der Waals surface area contributed by atoms with Crippen molar-refractivity contribution in [1.82, 2.24) is 9.29 Å². The molecule has 1 aliphatic heterocycles. The Labute approximate surface area is 138 Å². The molecule has 2 heterocycles. The first-order chi connectivity index (χ1) is 11.0. The summed E-state index contributed by atoms with van der Waals surface area (Å²) in [4.78, 5) is 4.70. The van der Waals surface area contributed by atoms with Crippen LogP contribution in [0.25, 0.3) is 0 Å². The van der Waals surface area contributed by atoms with Gasteiger partial charge in [0.25, 0.3) is 0 Å². The van der Waals surface area contributed by atoms with E-state index in [1.807, 2.05) is 44.3 Å². The number of aromatic nitrogens is 1. The van der Waals surface area contributed by atoms with Gasteiger partial charge in [-0.15, -0.1) is 0 Å². The maximum Gasteiger partial charge on any atom is 0.243 e. The van der Waals surface area contributed by atoms with Crippen LogP contribution in [0.5, 0.6) is 0 Å². The van der Waals surface area contributed by atoms with Crippen LogP contribution in [-0.2, 0) is 10.0 Å². The molecule has 4 nitrogen and oxygen atoms in total. The average Bonchev–Trinajstić information content (AvgIpc) is 2.56. The Bertz CT molecular complexity index is 768. The van der Waals surface area contributed by atoms with E-state index in [1.165, 1.54) is 0 Å². The van der Waals surface area contributed by atoms with Gasteiger partial charge in [0.2, 0.25) is 10.0 Å². The molecule has 0 amide bonds. The van der Waals surface area contributed by atoms with E-state index in [2.05, 4.69) is 4.98 Å². The normalized spacial score (nSPS) is 19.7. The Morgan fingerprint density at radius 1 is 1.04 bits per heavy atom. The number of pyridine rings is 1. The quantitative estimate of drug-likeness (QED) is 0.864. The molecular weight excluding hydrogens is 308 g/mol. The van der Waals surface area contributed by atoms with E-state index >= 15 is 0 Å². The fourth-order valence-corrected chi connectivity index (χ4v) is 4.73. The van der Waals surface area contributed by atoms with Crippen molar-refractivity contribution in [1.29, 1.82) is 0 Å². The predicted molar refractivity (Wildman–Crippen MR) is 90.6 cm³/mol. The van der Waals surface area contributed by atoms with Gasteiger partial charge in [-0.1, -0.05) is 30.2 Å². The maximum absolute atomic E-state index is 13.1. The highest BCUT2D eigenvalue weighted by atomic mass is 32.2. The molecule has 1 fully saturated rings. The monoisotopic (exact) mass is 330 g/mol. The highest BCUT2D eigenvalue weighted by Gasteiger charge is 2.34. The van der Waals surface area contributed by atoms with E-state index in [4.69, 9.17) is 0 Å². The van der Waals surface area contributed by atoms with E-state index in [-0.39, 0.29) is 6.04 Å². The molecule has 0 aliphatic carbocycles. The van der Waals surface area contributed by atoms with Gasteiger partial charge in [-0.05, 0) is 50.5 Å². The van der Waals surface area contributed by atoms with Gasteiger partial charge in [-0.3, -0.25) is 4.98 Å². The number of aryl methyl sites for hydroxylation is 2. The SMILES string of the molecule is Cc1ccc(S(=O)(=O)N2CCCC[C@@H]2c2ccc(C)nc2)cc1. The fourth-order valence-electron chi connectivity index (χ4n) is 3.05. The number of hydrogen-bond donors (Lipinski definition) is 0. The maximum atomic E-state index is 13.1. The summed E-state index contributed by atoms with van der Waals surface area (Å²) in [5, 5.41) is 0. The van der Waals surface area contributed by atoms with Crippen molar-refractivity contribution in [3.63, 3.8) is 0 Å². The Morgan fingerprint density at radius 3 is 2.43 bits per heavy atom. The minimum Gasteiger partial charge on any atom is -0.261 e. The van der Waals surface area contributed by atoms with E-state index in [1.54, 1.807) is 16.4 Å². The third-order valence-electron chi connectivity index (χ3n) is 4.40. The Balaban J connectivity index is 1.97. The van der Waals surface area contributed by atoms with Crippen LogP contribution >= 0.6 is 0 Å². The largest absolute Gasteiger partial charge is 0.261 e. The summed E-state index contributed by atoms with van der Waals surface area (Å²) in [6.07, 6.45) is 4.60. The van der Waals surface area contributed by atoms with Crippen LogP contribution in [0, 0.1) is 13.8 Å². The molecule has 2 aromatic rings. The van der Waals surface area contributed by atoms with Crippen molar-refractivity contribution in [2.24, 2.45) is 0 Å². The highest BCUT2D eigenvalue weighted by Crippen LogP contribution is 2.35. The standard InChI is InChI=1S/C18H22N2O2S/c1-14-6-10-17(11-7-14)23(21,22)20-12-4-3-5-18(20)16-9-8-15(2)19-13-16/h6-11,13,18H,3-5,12H2,1-2H3/t18-/m1/s1. The van der Waals surface area contributed by atoms with Gasteiger partial charge in [0, 0.05) is 18.4 Å². The Morgan fingerprint density at radius 2 is 1.78 bits per heavy atom. The molecule has 1 atom stereocenters. The highest BCUT2D eigenvalue weighted by molar-refractivity contribution is 7.89. The van der Waals surface area contributed by atoms with Crippen molar-refractivity contribution in [2.75, 3.05) is 6.54 Å². The zero-order chi connectivity index (χ0) is 16.4. The van der Waals surface area contributed by atoms with Crippen molar-refractivity contribution in [3.05, 3.63) is 59.4 Å². The fraction of sp³-hybridized carbons (Fsp3) is 0.389. The molecule has 1 saturated heterocycles. The molecule has 0 N–H and O–H groups in total. The van der Waals surface area contributed by atoms with Gasteiger partial charge in [0.15, 0.2) is 0 Å². The van der Waals surface area contributed by atoms with Gasteiger partial charge < -0.3 is 0 Å². The van der Waals surface area contributed by atoms with Crippen LogP contribution < -0.4 is 0 Å². The van der Waals surface area contributed by atoms with Crippen molar-refractivity contribution >= 4 is 10.0 Å². The Hall–Kier alpha value is -1.72. The number of sulfonamides is 1. The second kappa shape index (κ2) is 6.42. The van der Waals surface area contributed by atoms with Gasteiger partial charge in [-0.25, -0.2) is 8.42 Å². The van der Waals surface area contributed by atoms with Crippen LogP contribution in [-0.4, -0.2) is 24.3 Å². The second-order valence-corrected chi connectivity index (χ2v) is 8.06. The number of piperidine rings is 1. The Kier molecular flexibility index (Phi) is 4.50. The number of rotatable bonds is 3. The van der Waals surface area contributed by atoms with Crippen molar-refractivity contribution < 1.29 is 8.42 Å². The molecule has 3 rings (SSSR count). The van der Waals surface area contributed by atoms with Gasteiger partial charge >= 0.3 is 0 Å². The first kappa shape index (κ1) is 16.1. The summed E-state index contributed by atoms with van der Waals surface area (Å²) in [5.74, 6) is 0. The minimum atomic E-state index is -3.48. The van der Waals surface area contributed by atoms with Crippen LogP contribution in [0.2, 0.25) is 0 Å². The summed E-state index contributed by atoms with van der Waals surface area (Å²) >= 11 is 0. The molecule has 23 heavy (non-hydrogen) atoms. The smallest absolute Gasteiger partial charge is 0.243 e. The second-order valence-electron chi connectivity index (χ2n) is 6.17. The molecule has 0 spiro atoms. The van der Waals surface area contributed by atoms with Crippen LogP contribution in [0.1, 0.15) is 42.1 Å². The van der Waals surface area contributed by atoms with Crippen LogP contribution in [0.15, 0.2) is 47.5 Å². The van der Waals surface area contributed by atoms with Gasteiger partial charge in [0.1, 0.15) is 0 Å². The first-order valence-corrected chi connectivity index (χ1v) is 9.43. The molecule has 0 bridgehead atoms. The molecule has 1 aliphatic rings. The third-order valence-corrected chi connectivity index (χ3v) is 6.32. The molecule has 5 heteroatoms. The number of benzene rings is 1. The topological polar surface area (TPSA) is 50.3 Å². The lowest BCUT2D eigenvalue weighted by molar-refractivity contribution is 0.255. The molecule has 0 saturated carbocycles. The van der Waals surface area contributed by atoms with Crippen molar-refractivity contribution in [2.45, 2.75) is 44.0 Å². The summed E-state index contributed by atoms with van der Waals surface area (Å²) < 4.78 is 27.8. The predicted octanol–water partition coefficient (Wildman–Crippen LogP) is 3.61. The first-order valence-electron chi connectivity index (χ1n) is 7.99. The molecule has 0 radical (unpaired) electrons. The number of hydrogen-bond acceptors (Lipinski definition) is 3. The van der Waals surface area contributed by atoms with Gasteiger partial charge in [0.05, 0.1) is 10.9 Å². The average molecular weight is 330 g/mol. The van der Waals surface area contributed by atoms with Crippen LogP contribution in [0.3, 0.4) is 0 Å². The summed E-state index contributed by atoms with van der Waals surface area (Å²) in [6.45, 7) is 4.46. The lowest BCUT2D eigenvalue weighted by Gasteiger charge is -2.34. The zero-order valence-electron chi connectivity index (χ0n) is 13.6. The summed E-state index contributed by atoms with van der Waals surface area (Å²) in [7, 11) is -3.48. The molecule has 122 valence electrons. The summed E-state index contributed by atoms with van der Waals surface area (Å²) in [5.41, 5.74) is 2.98. The molecular formula is C18H22N2O2S. The van der Waals surface area contributed by atoms with Gasteiger partial charge in [-0.2, -0.15) is 4.31 Å². The molecule has 1 aromatic heterocycles. The number of nitrogens with zero attached hydrogens (tertiary/aromatic N) is 2.